The summed E-state index contributed by atoms with van der Waals surface area (Å²) >= 11 is 0. The molecule has 0 unspecified atom stereocenters. The molecule has 0 aliphatic rings. The number of primary amides is 1. The van der Waals surface area contributed by atoms with Crippen LogP contribution in [0.3, 0.4) is 0 Å². The van der Waals surface area contributed by atoms with Crippen LogP contribution >= 0.6 is 0 Å². The van der Waals surface area contributed by atoms with Crippen molar-refractivity contribution in [3.63, 3.8) is 0 Å². The number of anilines is 1. The monoisotopic (exact) mass is 406 g/mol. The molecule has 1 heterocycles. The summed E-state index contributed by atoms with van der Waals surface area (Å²) in [7, 11) is 1.58. The summed E-state index contributed by atoms with van der Waals surface area (Å²) in [6.07, 6.45) is 0.559. The number of aromatic nitrogens is 2. The van der Waals surface area contributed by atoms with Crippen LogP contribution in [0.15, 0.2) is 65.5 Å². The van der Waals surface area contributed by atoms with E-state index in [2.05, 4.69) is 10.4 Å². The fourth-order valence-electron chi connectivity index (χ4n) is 2.95. The summed E-state index contributed by atoms with van der Waals surface area (Å²) in [5.74, 6) is -0.198. The summed E-state index contributed by atoms with van der Waals surface area (Å²) in [4.78, 5) is 35.8. The number of carbonyl (C=O) groups is 2. The largest absolute Gasteiger partial charge is 0.497 e. The van der Waals surface area contributed by atoms with Gasteiger partial charge in [-0.2, -0.15) is 5.10 Å². The fraction of sp³-hybridized carbons (Fsp3) is 0.182. The number of hydrogen-bond acceptors (Lipinski definition) is 5. The molecule has 0 saturated carbocycles. The van der Waals surface area contributed by atoms with Crippen LogP contribution in [0.25, 0.3) is 11.3 Å². The molecule has 154 valence electrons. The van der Waals surface area contributed by atoms with Crippen LogP contribution in [0, 0.1) is 0 Å². The number of para-hydroxylation sites is 1. The highest BCUT2D eigenvalue weighted by molar-refractivity contribution is 6.02. The van der Waals surface area contributed by atoms with Crippen molar-refractivity contribution in [3.8, 4) is 17.0 Å². The van der Waals surface area contributed by atoms with Crippen LogP contribution in [0.2, 0.25) is 0 Å². The number of carbonyl (C=O) groups excluding carboxylic acids is 2. The summed E-state index contributed by atoms with van der Waals surface area (Å²) in [5, 5.41) is 7.07. The van der Waals surface area contributed by atoms with Gasteiger partial charge in [0.2, 0.25) is 5.91 Å². The van der Waals surface area contributed by atoms with Gasteiger partial charge < -0.3 is 15.8 Å². The second kappa shape index (κ2) is 9.51. The van der Waals surface area contributed by atoms with E-state index >= 15 is 0 Å². The zero-order chi connectivity index (χ0) is 21.5. The Morgan fingerprint density at radius 3 is 2.67 bits per heavy atom. The molecular formula is C22H22N4O4. The molecule has 0 aliphatic carbocycles. The van der Waals surface area contributed by atoms with E-state index < -0.39 is 5.91 Å². The summed E-state index contributed by atoms with van der Waals surface area (Å²) in [5.41, 5.74) is 7.14. The molecule has 8 nitrogen and oxygen atoms in total. The van der Waals surface area contributed by atoms with Crippen molar-refractivity contribution < 1.29 is 14.3 Å². The summed E-state index contributed by atoms with van der Waals surface area (Å²) < 4.78 is 6.56. The van der Waals surface area contributed by atoms with E-state index in [4.69, 9.17) is 10.5 Å². The molecule has 3 aromatic rings. The quantitative estimate of drug-likeness (QED) is 0.596. The molecule has 0 saturated heterocycles. The number of rotatable bonds is 8. The molecule has 0 fully saturated rings. The predicted octanol–water partition coefficient (Wildman–Crippen LogP) is 2.44. The number of aryl methyl sites for hydroxylation is 1. The Morgan fingerprint density at radius 1 is 1.10 bits per heavy atom. The molecule has 8 heteroatoms. The zero-order valence-electron chi connectivity index (χ0n) is 16.5. The molecular weight excluding hydrogens is 384 g/mol. The number of ether oxygens (including phenoxy) is 1. The average Bonchev–Trinajstić information content (AvgIpc) is 2.75. The Kier molecular flexibility index (Phi) is 6.59. The minimum atomic E-state index is -0.615. The lowest BCUT2D eigenvalue weighted by atomic mass is 10.1. The molecule has 0 aliphatic heterocycles. The Morgan fingerprint density at radius 2 is 1.90 bits per heavy atom. The van der Waals surface area contributed by atoms with Gasteiger partial charge in [-0.15, -0.1) is 0 Å². The lowest BCUT2D eigenvalue weighted by Gasteiger charge is -2.10. The molecule has 0 atom stereocenters. The number of methoxy groups -OCH3 is 1. The van der Waals surface area contributed by atoms with Gasteiger partial charge in [0.25, 0.3) is 11.5 Å². The maximum atomic E-state index is 12.2. The van der Waals surface area contributed by atoms with Gasteiger partial charge in [0.05, 0.1) is 24.1 Å². The number of nitrogens with one attached hydrogen (secondary N) is 1. The predicted molar refractivity (Wildman–Crippen MR) is 113 cm³/mol. The molecule has 30 heavy (non-hydrogen) atoms. The van der Waals surface area contributed by atoms with Gasteiger partial charge in [0.15, 0.2) is 0 Å². The van der Waals surface area contributed by atoms with Gasteiger partial charge >= 0.3 is 0 Å². The van der Waals surface area contributed by atoms with Gasteiger partial charge in [-0.05, 0) is 36.8 Å². The molecule has 3 N–H and O–H groups in total. The number of nitrogens with zero attached hydrogens (tertiary/aromatic N) is 2. The Balaban J connectivity index is 1.64. The van der Waals surface area contributed by atoms with Crippen molar-refractivity contribution in [2.24, 2.45) is 5.73 Å². The second-order valence-electron chi connectivity index (χ2n) is 6.57. The van der Waals surface area contributed by atoms with E-state index in [9.17, 15) is 14.4 Å². The lowest BCUT2D eigenvalue weighted by Crippen LogP contribution is -2.23. The van der Waals surface area contributed by atoms with E-state index in [1.165, 1.54) is 10.7 Å². The second-order valence-corrected chi connectivity index (χ2v) is 6.57. The minimum Gasteiger partial charge on any atom is -0.497 e. The smallest absolute Gasteiger partial charge is 0.266 e. The van der Waals surface area contributed by atoms with Crippen LogP contribution in [-0.4, -0.2) is 28.7 Å². The van der Waals surface area contributed by atoms with Crippen LogP contribution in [-0.2, 0) is 11.3 Å². The molecule has 0 spiro atoms. The summed E-state index contributed by atoms with van der Waals surface area (Å²) in [6.45, 7) is 0.279. The topological polar surface area (TPSA) is 116 Å². The number of amides is 2. The van der Waals surface area contributed by atoms with E-state index in [1.54, 1.807) is 37.4 Å². The zero-order valence-corrected chi connectivity index (χ0v) is 16.5. The minimum absolute atomic E-state index is 0.157. The highest BCUT2D eigenvalue weighted by Crippen LogP contribution is 2.21. The number of benzene rings is 2. The highest BCUT2D eigenvalue weighted by Gasteiger charge is 2.11. The first-order valence-electron chi connectivity index (χ1n) is 9.39. The van der Waals surface area contributed by atoms with E-state index in [0.717, 1.165) is 5.56 Å². The number of hydrogen-bond donors (Lipinski definition) is 2. The van der Waals surface area contributed by atoms with Crippen molar-refractivity contribution in [1.29, 1.82) is 0 Å². The molecule has 0 bridgehead atoms. The Labute approximate surface area is 173 Å². The first kappa shape index (κ1) is 20.8. The van der Waals surface area contributed by atoms with Crippen molar-refractivity contribution in [2.45, 2.75) is 19.4 Å². The number of nitrogens with two attached hydrogens (primary N) is 1. The van der Waals surface area contributed by atoms with Gasteiger partial charge in [0, 0.05) is 24.6 Å². The fourth-order valence-corrected chi connectivity index (χ4v) is 2.95. The van der Waals surface area contributed by atoms with Crippen LogP contribution in [0.5, 0.6) is 5.75 Å². The molecule has 0 radical (unpaired) electrons. The van der Waals surface area contributed by atoms with Crippen LogP contribution in [0.4, 0.5) is 5.69 Å². The van der Waals surface area contributed by atoms with Gasteiger partial charge in [-0.3, -0.25) is 14.4 Å². The first-order chi connectivity index (χ1) is 14.5. The van der Waals surface area contributed by atoms with Gasteiger partial charge in [-0.25, -0.2) is 4.68 Å². The SMILES string of the molecule is COc1cccc(-c2ccc(=O)n(CCCC(=O)Nc3ccccc3C(N)=O)n2)c1. The van der Waals surface area contributed by atoms with Gasteiger partial charge in [0.1, 0.15) is 5.75 Å². The normalized spacial score (nSPS) is 10.4. The van der Waals surface area contributed by atoms with E-state index in [1.807, 2.05) is 24.3 Å². The Hall–Kier alpha value is -3.94. The Bertz CT molecular complexity index is 1120. The van der Waals surface area contributed by atoms with E-state index in [-0.39, 0.29) is 30.0 Å². The van der Waals surface area contributed by atoms with Crippen LogP contribution < -0.4 is 21.3 Å². The third-order valence-electron chi connectivity index (χ3n) is 4.47. The van der Waals surface area contributed by atoms with Crippen molar-refractivity contribution in [1.82, 2.24) is 9.78 Å². The van der Waals surface area contributed by atoms with Crippen molar-refractivity contribution >= 4 is 17.5 Å². The molecule has 2 amide bonds. The molecule has 3 rings (SSSR count). The summed E-state index contributed by atoms with van der Waals surface area (Å²) in [6, 6.07) is 17.0. The van der Waals surface area contributed by atoms with E-state index in [0.29, 0.717) is 23.6 Å². The van der Waals surface area contributed by atoms with Crippen molar-refractivity contribution in [2.75, 3.05) is 12.4 Å². The maximum Gasteiger partial charge on any atom is 0.266 e. The molecule has 1 aromatic heterocycles. The third-order valence-corrected chi connectivity index (χ3v) is 4.47. The van der Waals surface area contributed by atoms with Gasteiger partial charge in [-0.1, -0.05) is 24.3 Å². The lowest BCUT2D eigenvalue weighted by molar-refractivity contribution is -0.116. The van der Waals surface area contributed by atoms with Crippen LogP contribution in [0.1, 0.15) is 23.2 Å². The maximum absolute atomic E-state index is 12.2. The first-order valence-corrected chi connectivity index (χ1v) is 9.39. The third kappa shape index (κ3) is 5.11. The van der Waals surface area contributed by atoms with Crippen molar-refractivity contribution in [3.05, 3.63) is 76.6 Å². The highest BCUT2D eigenvalue weighted by atomic mass is 16.5. The molecule has 2 aromatic carbocycles. The average molecular weight is 406 g/mol. The standard InChI is InChI=1S/C22H22N4O4/c1-30-16-7-4-6-15(14-16)18-11-12-21(28)26(25-18)13-5-10-20(27)24-19-9-3-2-8-17(19)22(23)29/h2-4,6-9,11-12,14H,5,10,13H2,1H3,(H2,23,29)(H,24,27).